The molecule has 4 nitrogen and oxygen atoms in total. The number of ether oxygens (including phenoxy) is 1. The van der Waals surface area contributed by atoms with Gasteiger partial charge in [0.05, 0.1) is 11.8 Å². The normalized spacial score (nSPS) is 33.4. The van der Waals surface area contributed by atoms with E-state index in [1.54, 1.807) is 0 Å². The van der Waals surface area contributed by atoms with E-state index < -0.39 is 5.41 Å². The average Bonchev–Trinajstić information content (AvgIpc) is 2.59. The zero-order valence-corrected chi connectivity index (χ0v) is 8.58. The lowest BCUT2D eigenvalue weighted by Gasteiger charge is -2.22. The molecule has 0 amide bonds. The molecule has 78 valence electrons. The zero-order chi connectivity index (χ0) is 10.3. The Hall–Kier alpha value is -0.900. The van der Waals surface area contributed by atoms with Crippen molar-refractivity contribution in [3.05, 3.63) is 0 Å². The van der Waals surface area contributed by atoms with Gasteiger partial charge < -0.3 is 4.74 Å². The Balaban J connectivity index is 2.13. The molecule has 2 saturated heterocycles. The maximum Gasteiger partial charge on any atom is 0.321 e. The lowest BCUT2D eigenvalue weighted by Crippen LogP contribution is -2.34. The van der Waals surface area contributed by atoms with Crippen LogP contribution in [0, 0.1) is 5.41 Å². The molecule has 2 aliphatic heterocycles. The summed E-state index contributed by atoms with van der Waals surface area (Å²) in [6.45, 7) is 5.76. The van der Waals surface area contributed by atoms with E-state index in [2.05, 4.69) is 23.5 Å². The fourth-order valence-electron chi connectivity index (χ4n) is 2.25. The number of hydrogen-bond acceptors (Lipinski definition) is 4. The standard InChI is InChI=1S/C10H15NO3/c1-7(2)11-4-3-10(6-11)5-8(12)14-9(10)13/h7H,3-6H2,1-2H3. The van der Waals surface area contributed by atoms with Crippen molar-refractivity contribution < 1.29 is 14.3 Å². The van der Waals surface area contributed by atoms with Gasteiger partial charge in [-0.15, -0.1) is 0 Å². The van der Waals surface area contributed by atoms with Crippen molar-refractivity contribution in [2.75, 3.05) is 13.1 Å². The summed E-state index contributed by atoms with van der Waals surface area (Å²) in [7, 11) is 0. The molecule has 14 heavy (non-hydrogen) atoms. The smallest absolute Gasteiger partial charge is 0.321 e. The van der Waals surface area contributed by atoms with Crippen LogP contribution >= 0.6 is 0 Å². The van der Waals surface area contributed by atoms with Crippen LogP contribution in [0.5, 0.6) is 0 Å². The summed E-state index contributed by atoms with van der Waals surface area (Å²) in [5, 5.41) is 0. The van der Waals surface area contributed by atoms with Gasteiger partial charge in [0.25, 0.3) is 0 Å². The maximum absolute atomic E-state index is 11.5. The van der Waals surface area contributed by atoms with Crippen molar-refractivity contribution in [3.63, 3.8) is 0 Å². The maximum atomic E-state index is 11.5. The highest BCUT2D eigenvalue weighted by Crippen LogP contribution is 2.40. The first kappa shape index (κ1) is 9.65. The number of cyclic esters (lactones) is 2. The molecule has 0 N–H and O–H groups in total. The van der Waals surface area contributed by atoms with Crippen LogP contribution in [0.15, 0.2) is 0 Å². The average molecular weight is 197 g/mol. The molecule has 0 aromatic rings. The van der Waals surface area contributed by atoms with E-state index in [1.165, 1.54) is 0 Å². The first-order valence-electron chi connectivity index (χ1n) is 5.03. The number of carbonyl (C=O) groups excluding carboxylic acids is 2. The molecule has 0 aliphatic carbocycles. The second-order valence-corrected chi connectivity index (χ2v) is 4.53. The first-order chi connectivity index (χ1) is 6.53. The molecule has 4 heteroatoms. The van der Waals surface area contributed by atoms with Gasteiger partial charge in [-0.05, 0) is 26.8 Å². The van der Waals surface area contributed by atoms with Crippen LogP contribution in [0.2, 0.25) is 0 Å². The van der Waals surface area contributed by atoms with Gasteiger partial charge in [-0.3, -0.25) is 14.5 Å². The fourth-order valence-corrected chi connectivity index (χ4v) is 2.25. The van der Waals surface area contributed by atoms with Crippen LogP contribution in [0.1, 0.15) is 26.7 Å². The Bertz CT molecular complexity index is 287. The van der Waals surface area contributed by atoms with Gasteiger partial charge in [-0.2, -0.15) is 0 Å². The van der Waals surface area contributed by atoms with Gasteiger partial charge in [0.2, 0.25) is 0 Å². The topological polar surface area (TPSA) is 46.6 Å². The molecule has 0 radical (unpaired) electrons. The Morgan fingerprint density at radius 2 is 2.14 bits per heavy atom. The van der Waals surface area contributed by atoms with E-state index in [9.17, 15) is 9.59 Å². The van der Waals surface area contributed by atoms with Gasteiger partial charge in [0.15, 0.2) is 0 Å². The molecular formula is C10H15NO3. The van der Waals surface area contributed by atoms with Crippen molar-refractivity contribution in [1.29, 1.82) is 0 Å². The van der Waals surface area contributed by atoms with E-state index >= 15 is 0 Å². The number of hydrogen-bond donors (Lipinski definition) is 0. The monoisotopic (exact) mass is 197 g/mol. The number of nitrogens with zero attached hydrogens (tertiary/aromatic N) is 1. The molecule has 0 aromatic carbocycles. The number of likely N-dealkylation sites (tertiary alicyclic amines) is 1. The van der Waals surface area contributed by atoms with Gasteiger partial charge in [-0.25, -0.2) is 0 Å². The third-order valence-corrected chi connectivity index (χ3v) is 3.24. The summed E-state index contributed by atoms with van der Waals surface area (Å²) in [6, 6.07) is 0.429. The zero-order valence-electron chi connectivity index (χ0n) is 8.58. The van der Waals surface area contributed by atoms with Crippen molar-refractivity contribution in [1.82, 2.24) is 4.90 Å². The highest BCUT2D eigenvalue weighted by atomic mass is 16.6. The van der Waals surface area contributed by atoms with Crippen LogP contribution in [0.3, 0.4) is 0 Å². The summed E-state index contributed by atoms with van der Waals surface area (Å²) < 4.78 is 4.62. The van der Waals surface area contributed by atoms with Crippen LogP contribution in [-0.4, -0.2) is 36.0 Å². The molecule has 1 unspecified atom stereocenters. The highest BCUT2D eigenvalue weighted by Gasteiger charge is 2.53. The molecule has 2 fully saturated rings. The third kappa shape index (κ3) is 1.34. The summed E-state index contributed by atoms with van der Waals surface area (Å²) in [5.74, 6) is -0.675. The Kier molecular flexibility index (Phi) is 2.10. The van der Waals surface area contributed by atoms with Crippen LogP contribution in [0.4, 0.5) is 0 Å². The van der Waals surface area contributed by atoms with Crippen molar-refractivity contribution >= 4 is 11.9 Å². The minimum absolute atomic E-state index is 0.273. The van der Waals surface area contributed by atoms with Crippen LogP contribution in [0.25, 0.3) is 0 Å². The first-order valence-corrected chi connectivity index (χ1v) is 5.03. The minimum Gasteiger partial charge on any atom is -0.393 e. The fraction of sp³-hybridized carbons (Fsp3) is 0.800. The predicted molar refractivity (Wildman–Crippen MR) is 49.5 cm³/mol. The van der Waals surface area contributed by atoms with Crippen molar-refractivity contribution in [3.8, 4) is 0 Å². The molecule has 0 aromatic heterocycles. The van der Waals surface area contributed by atoms with Gasteiger partial charge in [0, 0.05) is 12.6 Å². The molecule has 1 atom stereocenters. The lowest BCUT2D eigenvalue weighted by atomic mass is 9.86. The quantitative estimate of drug-likeness (QED) is 0.455. The Morgan fingerprint density at radius 1 is 1.43 bits per heavy atom. The molecular weight excluding hydrogens is 182 g/mol. The molecule has 0 bridgehead atoms. The van der Waals surface area contributed by atoms with E-state index in [0.717, 1.165) is 13.0 Å². The second kappa shape index (κ2) is 3.05. The summed E-state index contributed by atoms with van der Waals surface area (Å²) in [4.78, 5) is 24.8. The summed E-state index contributed by atoms with van der Waals surface area (Å²) in [5.41, 5.74) is -0.513. The number of rotatable bonds is 1. The summed E-state index contributed by atoms with van der Waals surface area (Å²) in [6.07, 6.45) is 1.03. The Labute approximate surface area is 83.2 Å². The van der Waals surface area contributed by atoms with Gasteiger partial charge in [-0.1, -0.05) is 0 Å². The molecule has 1 spiro atoms. The van der Waals surface area contributed by atoms with E-state index in [0.29, 0.717) is 12.6 Å². The van der Waals surface area contributed by atoms with Gasteiger partial charge in [0.1, 0.15) is 0 Å². The van der Waals surface area contributed by atoms with Crippen LogP contribution < -0.4 is 0 Å². The molecule has 2 rings (SSSR count). The Morgan fingerprint density at radius 3 is 2.57 bits per heavy atom. The minimum atomic E-state index is -0.513. The summed E-state index contributed by atoms with van der Waals surface area (Å²) >= 11 is 0. The lowest BCUT2D eigenvalue weighted by molar-refractivity contribution is -0.154. The molecule has 2 heterocycles. The van der Waals surface area contributed by atoms with E-state index in [4.69, 9.17) is 0 Å². The van der Waals surface area contributed by atoms with Crippen LogP contribution in [-0.2, 0) is 14.3 Å². The number of carbonyl (C=O) groups is 2. The van der Waals surface area contributed by atoms with E-state index in [-0.39, 0.29) is 18.4 Å². The molecule has 2 aliphatic rings. The largest absolute Gasteiger partial charge is 0.393 e. The van der Waals surface area contributed by atoms with Gasteiger partial charge >= 0.3 is 11.9 Å². The van der Waals surface area contributed by atoms with Crippen molar-refractivity contribution in [2.45, 2.75) is 32.7 Å². The predicted octanol–water partition coefficient (Wildman–Crippen LogP) is 0.560. The number of esters is 2. The third-order valence-electron chi connectivity index (χ3n) is 3.24. The van der Waals surface area contributed by atoms with E-state index in [1.807, 2.05) is 0 Å². The molecule has 0 saturated carbocycles. The second-order valence-electron chi connectivity index (χ2n) is 4.53. The van der Waals surface area contributed by atoms with Crippen molar-refractivity contribution in [2.24, 2.45) is 5.41 Å². The highest BCUT2D eigenvalue weighted by molar-refractivity contribution is 5.97. The SMILES string of the molecule is CC(C)N1CCC2(CC(=O)OC2=O)C1.